The molecule has 0 bridgehead atoms. The van der Waals surface area contributed by atoms with Crippen molar-refractivity contribution in [2.24, 2.45) is 22.4 Å². The number of para-hydroxylation sites is 1. The van der Waals surface area contributed by atoms with Gasteiger partial charge in [-0.1, -0.05) is 56.7 Å². The number of amides is 2. The lowest BCUT2D eigenvalue weighted by Crippen LogP contribution is -2.61. The van der Waals surface area contributed by atoms with Crippen molar-refractivity contribution < 1.29 is 24.3 Å². The van der Waals surface area contributed by atoms with Crippen molar-refractivity contribution in [1.29, 1.82) is 0 Å². The highest BCUT2D eigenvalue weighted by atomic mass is 16.4. The molecule has 0 radical (unpaired) electrons. The van der Waals surface area contributed by atoms with Gasteiger partial charge in [0.2, 0.25) is 5.91 Å². The van der Waals surface area contributed by atoms with Gasteiger partial charge in [-0.05, 0) is 50.5 Å². The van der Waals surface area contributed by atoms with Crippen molar-refractivity contribution in [2.75, 3.05) is 6.54 Å². The number of nitrogens with one attached hydrogen (secondary N) is 2. The van der Waals surface area contributed by atoms with Gasteiger partial charge in [0.15, 0.2) is 5.96 Å². The molecule has 11 nitrogen and oxygen atoms in total. The molecule has 0 spiro atoms. The van der Waals surface area contributed by atoms with E-state index in [0.717, 1.165) is 56.3 Å². The molecule has 1 aromatic heterocycles. The van der Waals surface area contributed by atoms with E-state index in [9.17, 15) is 24.3 Å². The largest absolute Gasteiger partial charge is 0.480 e. The molecule has 7 N–H and O–H groups in total. The number of rotatable bonds is 12. The van der Waals surface area contributed by atoms with Crippen LogP contribution in [0, 0.1) is 5.92 Å². The SMILES string of the molecule is NC(N)=NCCC[C@@H](C(=O)O)N(C(=O)C(=O)c1c[nH]c2ccccc12)C(C(=O)NC1CCCCC1)C1CCCCC1. The topological polar surface area (TPSA) is 184 Å². The number of Topliss-reactive ketones (excluding diaryl/α,β-unsaturated/α-hetero) is 1. The summed E-state index contributed by atoms with van der Waals surface area (Å²) in [6.45, 7) is 0.160. The number of hydrogen-bond acceptors (Lipinski definition) is 5. The van der Waals surface area contributed by atoms with Crippen LogP contribution >= 0.6 is 0 Å². The lowest BCUT2D eigenvalue weighted by Gasteiger charge is -2.41. The highest BCUT2D eigenvalue weighted by molar-refractivity contribution is 6.45. The second kappa shape index (κ2) is 14.1. The molecule has 1 heterocycles. The van der Waals surface area contributed by atoms with Crippen LogP contribution in [0.25, 0.3) is 10.9 Å². The van der Waals surface area contributed by atoms with Gasteiger partial charge in [0.05, 0.1) is 5.56 Å². The Morgan fingerprint density at radius 1 is 1.00 bits per heavy atom. The molecular weight excluding hydrogens is 524 g/mol. The van der Waals surface area contributed by atoms with Gasteiger partial charge in [-0.2, -0.15) is 0 Å². The number of aliphatic imine (C=N–C) groups is 1. The number of carbonyl (C=O) groups is 4. The van der Waals surface area contributed by atoms with E-state index in [1.807, 2.05) is 6.07 Å². The second-order valence-electron chi connectivity index (χ2n) is 11.3. The van der Waals surface area contributed by atoms with Crippen LogP contribution in [-0.4, -0.2) is 69.2 Å². The minimum absolute atomic E-state index is 0.0149. The van der Waals surface area contributed by atoms with Gasteiger partial charge in [-0.15, -0.1) is 0 Å². The summed E-state index contributed by atoms with van der Waals surface area (Å²) in [6.07, 6.45) is 10.6. The monoisotopic (exact) mass is 566 g/mol. The van der Waals surface area contributed by atoms with E-state index in [-0.39, 0.29) is 48.8 Å². The van der Waals surface area contributed by atoms with Crippen molar-refractivity contribution in [3.05, 3.63) is 36.0 Å². The van der Waals surface area contributed by atoms with Crippen molar-refractivity contribution in [1.82, 2.24) is 15.2 Å². The number of hydrogen-bond donors (Lipinski definition) is 5. The number of carboxylic acid groups (broad SMARTS) is 1. The molecule has 4 rings (SSSR count). The molecule has 2 aromatic rings. The molecule has 1 unspecified atom stereocenters. The maximum absolute atomic E-state index is 14.2. The van der Waals surface area contributed by atoms with Crippen LogP contribution in [0.2, 0.25) is 0 Å². The highest BCUT2D eigenvalue weighted by Gasteiger charge is 2.45. The third-order valence-corrected chi connectivity index (χ3v) is 8.43. The number of ketones is 1. The normalized spacial score (nSPS) is 17.9. The van der Waals surface area contributed by atoms with E-state index in [1.165, 1.54) is 6.20 Å². The number of benzene rings is 1. The molecule has 2 aliphatic carbocycles. The molecule has 2 aliphatic rings. The van der Waals surface area contributed by atoms with Crippen LogP contribution < -0.4 is 16.8 Å². The van der Waals surface area contributed by atoms with Crippen LogP contribution in [0.15, 0.2) is 35.5 Å². The molecule has 2 amide bonds. The highest BCUT2D eigenvalue weighted by Crippen LogP contribution is 2.32. The average molecular weight is 567 g/mol. The Labute approximate surface area is 240 Å². The van der Waals surface area contributed by atoms with E-state index in [1.54, 1.807) is 18.2 Å². The standard InChI is InChI=1S/C30H42N6O5/c31-30(32)33-17-9-16-24(29(40)41)36(28(39)26(37)22-18-34-23-15-8-7-14-21(22)23)25(19-10-3-1-4-11-19)27(38)35-20-12-5-2-6-13-20/h7-8,14-15,18-20,24-25,34H,1-6,9-13,16-17H2,(H,35,38)(H,40,41)(H4,31,32,33)/t24-,25?/m0/s1. The van der Waals surface area contributed by atoms with Crippen LogP contribution in [0.4, 0.5) is 0 Å². The van der Waals surface area contributed by atoms with Crippen molar-refractivity contribution >= 4 is 40.4 Å². The van der Waals surface area contributed by atoms with Crippen LogP contribution in [-0.2, 0) is 14.4 Å². The minimum atomic E-state index is -1.41. The number of carboxylic acids is 1. The zero-order valence-corrected chi connectivity index (χ0v) is 23.5. The summed E-state index contributed by atoms with van der Waals surface area (Å²) in [7, 11) is 0. The number of aromatic amines is 1. The summed E-state index contributed by atoms with van der Waals surface area (Å²) < 4.78 is 0. The van der Waals surface area contributed by atoms with Gasteiger partial charge < -0.3 is 31.8 Å². The number of nitrogens with zero attached hydrogens (tertiary/aromatic N) is 2. The first-order valence-corrected chi connectivity index (χ1v) is 14.8. The maximum atomic E-state index is 14.2. The van der Waals surface area contributed by atoms with Crippen molar-refractivity contribution in [2.45, 2.75) is 95.2 Å². The Morgan fingerprint density at radius 3 is 2.32 bits per heavy atom. The first kappa shape index (κ1) is 30.1. The Bertz CT molecular complexity index is 1260. The molecule has 0 aliphatic heterocycles. The fourth-order valence-electron chi connectivity index (χ4n) is 6.38. The smallest absolute Gasteiger partial charge is 0.326 e. The Morgan fingerprint density at radius 2 is 1.66 bits per heavy atom. The van der Waals surface area contributed by atoms with E-state index in [2.05, 4.69) is 15.3 Å². The summed E-state index contributed by atoms with van der Waals surface area (Å²) in [6, 6.07) is 4.58. The lowest BCUT2D eigenvalue weighted by molar-refractivity contribution is -0.155. The molecule has 41 heavy (non-hydrogen) atoms. The van der Waals surface area contributed by atoms with Crippen LogP contribution in [0.5, 0.6) is 0 Å². The summed E-state index contributed by atoms with van der Waals surface area (Å²) in [5.41, 5.74) is 11.7. The predicted octanol–water partition coefficient (Wildman–Crippen LogP) is 3.08. The third kappa shape index (κ3) is 7.45. The number of fused-ring (bicyclic) bond motifs is 1. The van der Waals surface area contributed by atoms with E-state index >= 15 is 0 Å². The Balaban J connectivity index is 1.73. The van der Waals surface area contributed by atoms with Crippen LogP contribution in [0.3, 0.4) is 0 Å². The maximum Gasteiger partial charge on any atom is 0.326 e. The van der Waals surface area contributed by atoms with E-state index < -0.39 is 29.7 Å². The average Bonchev–Trinajstić information content (AvgIpc) is 3.40. The molecule has 222 valence electrons. The molecule has 2 saturated carbocycles. The number of carbonyl (C=O) groups excluding carboxylic acids is 3. The molecule has 2 atom stereocenters. The summed E-state index contributed by atoms with van der Waals surface area (Å²) >= 11 is 0. The fourth-order valence-corrected chi connectivity index (χ4v) is 6.38. The quantitative estimate of drug-likeness (QED) is 0.0859. The van der Waals surface area contributed by atoms with Gasteiger partial charge in [-0.3, -0.25) is 19.4 Å². The summed E-state index contributed by atoms with van der Waals surface area (Å²) in [5, 5.41) is 14.1. The second-order valence-corrected chi connectivity index (χ2v) is 11.3. The third-order valence-electron chi connectivity index (χ3n) is 8.43. The number of nitrogens with two attached hydrogens (primary N) is 2. The number of aromatic nitrogens is 1. The first-order valence-electron chi connectivity index (χ1n) is 14.8. The van der Waals surface area contributed by atoms with Crippen molar-refractivity contribution in [3.8, 4) is 0 Å². The number of guanidine groups is 1. The fraction of sp³-hybridized carbons (Fsp3) is 0.567. The van der Waals surface area contributed by atoms with Crippen molar-refractivity contribution in [3.63, 3.8) is 0 Å². The number of aliphatic carboxylic acids is 1. The molecule has 1 aromatic carbocycles. The molecule has 0 saturated heterocycles. The number of H-pyrrole nitrogens is 1. The van der Waals surface area contributed by atoms with Gasteiger partial charge in [0, 0.05) is 29.7 Å². The van der Waals surface area contributed by atoms with E-state index in [0.29, 0.717) is 23.7 Å². The van der Waals surface area contributed by atoms with Gasteiger partial charge in [-0.25, -0.2) is 4.79 Å². The lowest BCUT2D eigenvalue weighted by atomic mass is 9.81. The molecule has 2 fully saturated rings. The Hall–Kier alpha value is -3.89. The summed E-state index contributed by atoms with van der Waals surface area (Å²) in [5.74, 6) is -3.86. The minimum Gasteiger partial charge on any atom is -0.480 e. The van der Waals surface area contributed by atoms with Gasteiger partial charge >= 0.3 is 5.97 Å². The molecular formula is C30H42N6O5. The summed E-state index contributed by atoms with van der Waals surface area (Å²) in [4.78, 5) is 62.9. The van der Waals surface area contributed by atoms with E-state index in [4.69, 9.17) is 11.5 Å². The zero-order chi connectivity index (χ0) is 29.4. The van der Waals surface area contributed by atoms with Crippen LogP contribution in [0.1, 0.15) is 87.4 Å². The van der Waals surface area contributed by atoms with Gasteiger partial charge in [0.1, 0.15) is 12.1 Å². The van der Waals surface area contributed by atoms with Gasteiger partial charge in [0.25, 0.3) is 11.7 Å². The Kier molecular flexibility index (Phi) is 10.4. The molecule has 11 heteroatoms. The predicted molar refractivity (Wildman–Crippen MR) is 156 cm³/mol. The zero-order valence-electron chi connectivity index (χ0n) is 23.5. The first-order chi connectivity index (χ1) is 19.8.